The van der Waals surface area contributed by atoms with Gasteiger partial charge in [0.2, 0.25) is 0 Å². The Morgan fingerprint density at radius 3 is 2.55 bits per heavy atom. The molecule has 2 aromatic rings. The van der Waals surface area contributed by atoms with Gasteiger partial charge in [-0.3, -0.25) is 9.78 Å². The molecule has 3 rings (SSSR count). The number of carbonyl (C=O) groups is 1. The monoisotopic (exact) mass is 271 g/mol. The van der Waals surface area contributed by atoms with E-state index in [9.17, 15) is 4.79 Å². The first kappa shape index (κ1) is 13.0. The number of hydrogen-bond donors (Lipinski definition) is 0. The number of benzene rings is 1. The predicted octanol–water partition coefficient (Wildman–Crippen LogP) is 1.88. The first-order chi connectivity index (χ1) is 9.63. The quantitative estimate of drug-likeness (QED) is 0.794. The molecule has 1 fully saturated rings. The number of carbonyl (C=O) groups excluding carboxylic acids is 1. The number of aromatic nitrogens is 2. The van der Waals surface area contributed by atoms with Crippen molar-refractivity contribution < 1.29 is 9.53 Å². The van der Waals surface area contributed by atoms with Crippen LogP contribution in [0.2, 0.25) is 0 Å². The summed E-state index contributed by atoms with van der Waals surface area (Å²) in [5.41, 5.74) is 1.94. The molecule has 1 saturated heterocycles. The zero-order chi connectivity index (χ0) is 14.1. The van der Waals surface area contributed by atoms with Crippen LogP contribution in [0.5, 0.6) is 0 Å². The van der Waals surface area contributed by atoms with Crippen LogP contribution in [-0.2, 0) is 4.74 Å². The Balaban J connectivity index is 1.88. The van der Waals surface area contributed by atoms with Gasteiger partial charge in [-0.2, -0.15) is 0 Å². The standard InChI is InChI=1S/C15H17N3O2/c1-10-8-18(9-11(2)20-10)15(19)14-7-16-12-5-3-4-6-13(12)17-14/h3-7,10-11H,8-9H2,1-2H3/t10-,11-/m0/s1. The number of ether oxygens (including phenoxy) is 1. The zero-order valence-electron chi connectivity index (χ0n) is 11.6. The Morgan fingerprint density at radius 1 is 1.20 bits per heavy atom. The first-order valence-corrected chi connectivity index (χ1v) is 6.80. The van der Waals surface area contributed by atoms with Crippen LogP contribution in [0.15, 0.2) is 30.5 Å². The second kappa shape index (κ2) is 5.17. The van der Waals surface area contributed by atoms with Gasteiger partial charge in [-0.25, -0.2) is 4.98 Å². The van der Waals surface area contributed by atoms with E-state index in [-0.39, 0.29) is 18.1 Å². The summed E-state index contributed by atoms with van der Waals surface area (Å²) >= 11 is 0. The van der Waals surface area contributed by atoms with E-state index in [0.29, 0.717) is 18.8 Å². The minimum atomic E-state index is -0.0785. The van der Waals surface area contributed by atoms with Crippen molar-refractivity contribution in [1.29, 1.82) is 0 Å². The van der Waals surface area contributed by atoms with E-state index in [1.165, 1.54) is 0 Å². The fourth-order valence-electron chi connectivity index (χ4n) is 2.57. The third-order valence-electron chi connectivity index (χ3n) is 3.37. The van der Waals surface area contributed by atoms with Crippen molar-refractivity contribution in [2.75, 3.05) is 13.1 Å². The maximum atomic E-state index is 12.5. The topological polar surface area (TPSA) is 55.3 Å². The normalized spacial score (nSPS) is 23.0. The predicted molar refractivity (Wildman–Crippen MR) is 75.5 cm³/mol. The number of hydrogen-bond acceptors (Lipinski definition) is 4. The van der Waals surface area contributed by atoms with Crippen molar-refractivity contribution in [3.05, 3.63) is 36.2 Å². The number of rotatable bonds is 1. The largest absolute Gasteiger partial charge is 0.372 e. The van der Waals surface area contributed by atoms with Crippen LogP contribution in [0, 0.1) is 0 Å². The second-order valence-electron chi connectivity index (χ2n) is 5.21. The van der Waals surface area contributed by atoms with Crippen LogP contribution < -0.4 is 0 Å². The van der Waals surface area contributed by atoms with Gasteiger partial charge < -0.3 is 9.64 Å². The number of nitrogens with zero attached hydrogens (tertiary/aromatic N) is 3. The van der Waals surface area contributed by atoms with Crippen molar-refractivity contribution in [1.82, 2.24) is 14.9 Å². The Morgan fingerprint density at radius 2 is 1.85 bits per heavy atom. The average molecular weight is 271 g/mol. The van der Waals surface area contributed by atoms with Crippen molar-refractivity contribution in [2.45, 2.75) is 26.1 Å². The Hall–Kier alpha value is -2.01. The van der Waals surface area contributed by atoms with Crippen molar-refractivity contribution in [3.63, 3.8) is 0 Å². The summed E-state index contributed by atoms with van der Waals surface area (Å²) in [6.45, 7) is 5.14. The van der Waals surface area contributed by atoms with Gasteiger partial charge >= 0.3 is 0 Å². The highest BCUT2D eigenvalue weighted by Gasteiger charge is 2.27. The molecule has 0 radical (unpaired) electrons. The molecule has 1 aromatic heterocycles. The SMILES string of the molecule is C[C@H]1CN(C(=O)c2cnc3ccccc3n2)C[C@H](C)O1. The molecule has 1 aromatic carbocycles. The number of morpholine rings is 1. The van der Waals surface area contributed by atoms with Crippen LogP contribution in [-0.4, -0.2) is 46.1 Å². The fraction of sp³-hybridized carbons (Fsp3) is 0.400. The second-order valence-corrected chi connectivity index (χ2v) is 5.21. The van der Waals surface area contributed by atoms with Crippen LogP contribution in [0.4, 0.5) is 0 Å². The molecule has 0 N–H and O–H groups in total. The maximum absolute atomic E-state index is 12.5. The minimum Gasteiger partial charge on any atom is -0.372 e. The third kappa shape index (κ3) is 2.49. The lowest BCUT2D eigenvalue weighted by Crippen LogP contribution is -2.48. The average Bonchev–Trinajstić information content (AvgIpc) is 2.45. The van der Waals surface area contributed by atoms with Crippen LogP contribution in [0.1, 0.15) is 24.3 Å². The van der Waals surface area contributed by atoms with E-state index in [4.69, 9.17) is 4.74 Å². The smallest absolute Gasteiger partial charge is 0.274 e. The van der Waals surface area contributed by atoms with Crippen LogP contribution in [0.3, 0.4) is 0 Å². The summed E-state index contributed by atoms with van der Waals surface area (Å²) in [5.74, 6) is -0.0785. The molecular formula is C15H17N3O2. The highest BCUT2D eigenvalue weighted by atomic mass is 16.5. The maximum Gasteiger partial charge on any atom is 0.274 e. The van der Waals surface area contributed by atoms with Crippen molar-refractivity contribution >= 4 is 16.9 Å². The molecule has 2 atom stereocenters. The number of para-hydroxylation sites is 2. The van der Waals surface area contributed by atoms with Crippen LogP contribution >= 0.6 is 0 Å². The lowest BCUT2D eigenvalue weighted by atomic mass is 10.2. The van der Waals surface area contributed by atoms with E-state index in [1.54, 1.807) is 11.1 Å². The van der Waals surface area contributed by atoms with E-state index in [2.05, 4.69) is 9.97 Å². The van der Waals surface area contributed by atoms with Gasteiger partial charge in [0.05, 0.1) is 29.4 Å². The molecule has 0 aliphatic carbocycles. The minimum absolute atomic E-state index is 0.0520. The van der Waals surface area contributed by atoms with Crippen LogP contribution in [0.25, 0.3) is 11.0 Å². The molecule has 0 saturated carbocycles. The summed E-state index contributed by atoms with van der Waals surface area (Å²) in [5, 5.41) is 0. The van der Waals surface area contributed by atoms with Crippen molar-refractivity contribution in [3.8, 4) is 0 Å². The molecular weight excluding hydrogens is 254 g/mol. The van der Waals surface area contributed by atoms with E-state index < -0.39 is 0 Å². The fourth-order valence-corrected chi connectivity index (χ4v) is 2.57. The van der Waals surface area contributed by atoms with Gasteiger partial charge in [-0.1, -0.05) is 12.1 Å². The van der Waals surface area contributed by atoms with Crippen molar-refractivity contribution in [2.24, 2.45) is 0 Å². The lowest BCUT2D eigenvalue weighted by Gasteiger charge is -2.35. The molecule has 5 heteroatoms. The van der Waals surface area contributed by atoms with Gasteiger partial charge in [0.25, 0.3) is 5.91 Å². The van der Waals surface area contributed by atoms with Gasteiger partial charge in [0.1, 0.15) is 5.69 Å². The lowest BCUT2D eigenvalue weighted by molar-refractivity contribution is -0.0587. The van der Waals surface area contributed by atoms with E-state index >= 15 is 0 Å². The highest BCUT2D eigenvalue weighted by molar-refractivity contribution is 5.93. The molecule has 104 valence electrons. The Labute approximate surface area is 117 Å². The van der Waals surface area contributed by atoms with E-state index in [1.807, 2.05) is 38.1 Å². The first-order valence-electron chi connectivity index (χ1n) is 6.80. The Kier molecular flexibility index (Phi) is 3.36. The molecule has 1 amide bonds. The van der Waals surface area contributed by atoms with Gasteiger partial charge in [0.15, 0.2) is 0 Å². The molecule has 1 aliphatic heterocycles. The molecule has 2 heterocycles. The molecule has 5 nitrogen and oxygen atoms in total. The summed E-state index contributed by atoms with van der Waals surface area (Å²) in [6.07, 6.45) is 1.65. The van der Waals surface area contributed by atoms with Gasteiger partial charge in [-0.15, -0.1) is 0 Å². The molecule has 1 aliphatic rings. The molecule has 0 spiro atoms. The summed E-state index contributed by atoms with van der Waals surface area (Å²) in [7, 11) is 0. The zero-order valence-corrected chi connectivity index (χ0v) is 11.6. The number of amides is 1. The molecule has 0 bridgehead atoms. The molecule has 0 unspecified atom stereocenters. The van der Waals surface area contributed by atoms with Gasteiger partial charge in [0, 0.05) is 13.1 Å². The summed E-state index contributed by atoms with van der Waals surface area (Å²) in [6, 6.07) is 7.55. The van der Waals surface area contributed by atoms with E-state index in [0.717, 1.165) is 11.0 Å². The highest BCUT2D eigenvalue weighted by Crippen LogP contribution is 2.15. The summed E-state index contributed by atoms with van der Waals surface area (Å²) in [4.78, 5) is 23.0. The van der Waals surface area contributed by atoms with Gasteiger partial charge in [-0.05, 0) is 26.0 Å². The molecule has 20 heavy (non-hydrogen) atoms. The summed E-state index contributed by atoms with van der Waals surface area (Å²) < 4.78 is 5.64. The third-order valence-corrected chi connectivity index (χ3v) is 3.37. The Bertz CT molecular complexity index is 634. The number of fused-ring (bicyclic) bond motifs is 1.